The Morgan fingerprint density at radius 3 is 2.55 bits per heavy atom. The third kappa shape index (κ3) is 2.85. The van der Waals surface area contributed by atoms with Crippen molar-refractivity contribution >= 4 is 23.4 Å². The summed E-state index contributed by atoms with van der Waals surface area (Å²) < 4.78 is 0. The lowest BCUT2D eigenvalue weighted by Crippen LogP contribution is -2.36. The van der Waals surface area contributed by atoms with E-state index < -0.39 is 17.9 Å². The van der Waals surface area contributed by atoms with Crippen LogP contribution in [0.25, 0.3) is 0 Å². The number of nitrogens with two attached hydrogens (primary N) is 1. The molecule has 6 heteroatoms. The van der Waals surface area contributed by atoms with Gasteiger partial charge < -0.3 is 11.1 Å². The molecule has 0 saturated heterocycles. The number of rotatable bonds is 4. The van der Waals surface area contributed by atoms with E-state index >= 15 is 0 Å². The van der Waals surface area contributed by atoms with Gasteiger partial charge in [-0.3, -0.25) is 19.7 Å². The van der Waals surface area contributed by atoms with Gasteiger partial charge in [-0.05, 0) is 30.5 Å². The normalized spacial score (nSPS) is 15.0. The number of carbonyl (C=O) groups is 3. The van der Waals surface area contributed by atoms with Crippen LogP contribution in [0.1, 0.15) is 41.0 Å². The maximum Gasteiger partial charge on any atom is 0.259 e. The summed E-state index contributed by atoms with van der Waals surface area (Å²) in [5, 5.41) is 4.85. The van der Waals surface area contributed by atoms with Crippen molar-refractivity contribution in [3.63, 3.8) is 0 Å². The summed E-state index contributed by atoms with van der Waals surface area (Å²) in [6.45, 7) is 3.97. The SMILES string of the molecule is CC(C)C[C@@H](N)C(=O)Nc1ccc2c(c1)C(=O)NC2=O. The molecule has 2 rings (SSSR count). The standard InChI is InChI=1S/C14H17N3O3/c1-7(2)5-11(15)14(20)16-8-3-4-9-10(6-8)13(19)17-12(9)18/h3-4,6-7,11H,5,15H2,1-2H3,(H,16,20)(H,17,18,19)/t11-/m1/s1. The Bertz CT molecular complexity index is 581. The van der Waals surface area contributed by atoms with Crippen LogP contribution in [0.4, 0.5) is 5.69 Å². The van der Waals surface area contributed by atoms with Crippen LogP contribution in [0, 0.1) is 5.92 Å². The van der Waals surface area contributed by atoms with Crippen LogP contribution in [-0.4, -0.2) is 23.8 Å². The van der Waals surface area contributed by atoms with Gasteiger partial charge in [0.15, 0.2) is 0 Å². The molecule has 0 unspecified atom stereocenters. The maximum atomic E-state index is 11.9. The molecule has 106 valence electrons. The third-order valence-electron chi connectivity index (χ3n) is 3.07. The fourth-order valence-electron chi connectivity index (χ4n) is 2.10. The first kappa shape index (κ1) is 14.2. The van der Waals surface area contributed by atoms with Crippen molar-refractivity contribution in [2.45, 2.75) is 26.3 Å². The van der Waals surface area contributed by atoms with Crippen molar-refractivity contribution in [3.8, 4) is 0 Å². The molecule has 1 aliphatic heterocycles. The summed E-state index contributed by atoms with van der Waals surface area (Å²) >= 11 is 0. The lowest BCUT2D eigenvalue weighted by atomic mass is 10.0. The molecule has 0 bridgehead atoms. The van der Waals surface area contributed by atoms with E-state index in [0.717, 1.165) is 0 Å². The molecular formula is C14H17N3O3. The highest BCUT2D eigenvalue weighted by Crippen LogP contribution is 2.20. The van der Waals surface area contributed by atoms with Crippen LogP contribution >= 0.6 is 0 Å². The maximum absolute atomic E-state index is 11.9. The molecule has 6 nitrogen and oxygen atoms in total. The minimum absolute atomic E-state index is 0.269. The number of fused-ring (bicyclic) bond motifs is 1. The molecule has 1 heterocycles. The number of hydrogen-bond acceptors (Lipinski definition) is 4. The molecule has 0 aliphatic carbocycles. The van der Waals surface area contributed by atoms with Gasteiger partial charge in [0.05, 0.1) is 17.2 Å². The quantitative estimate of drug-likeness (QED) is 0.710. The Morgan fingerprint density at radius 1 is 1.25 bits per heavy atom. The number of amides is 3. The first-order chi connectivity index (χ1) is 9.38. The van der Waals surface area contributed by atoms with Gasteiger partial charge in [0, 0.05) is 5.69 Å². The second-order valence-electron chi connectivity index (χ2n) is 5.27. The predicted octanol–water partition coefficient (Wildman–Crippen LogP) is 0.882. The number of anilines is 1. The highest BCUT2D eigenvalue weighted by molar-refractivity contribution is 6.22. The predicted molar refractivity (Wildman–Crippen MR) is 74.3 cm³/mol. The van der Waals surface area contributed by atoms with E-state index in [2.05, 4.69) is 10.6 Å². The molecule has 1 aliphatic rings. The Balaban J connectivity index is 2.12. The topological polar surface area (TPSA) is 101 Å². The van der Waals surface area contributed by atoms with Crippen molar-refractivity contribution in [2.75, 3.05) is 5.32 Å². The van der Waals surface area contributed by atoms with Crippen LogP contribution < -0.4 is 16.4 Å². The first-order valence-corrected chi connectivity index (χ1v) is 6.44. The summed E-state index contributed by atoms with van der Waals surface area (Å²) in [5.74, 6) is -0.852. The number of imide groups is 1. The second-order valence-corrected chi connectivity index (χ2v) is 5.27. The molecule has 1 atom stereocenters. The van der Waals surface area contributed by atoms with E-state index in [-0.39, 0.29) is 11.5 Å². The molecule has 20 heavy (non-hydrogen) atoms. The van der Waals surface area contributed by atoms with Crippen LogP contribution in [0.2, 0.25) is 0 Å². The Labute approximate surface area is 116 Å². The van der Waals surface area contributed by atoms with Crippen LogP contribution in [-0.2, 0) is 4.79 Å². The summed E-state index contributed by atoms with van der Waals surface area (Å²) in [4.78, 5) is 34.8. The second kappa shape index (κ2) is 5.42. The zero-order valence-electron chi connectivity index (χ0n) is 11.4. The van der Waals surface area contributed by atoms with Gasteiger partial charge in [0.1, 0.15) is 0 Å². The fraction of sp³-hybridized carbons (Fsp3) is 0.357. The van der Waals surface area contributed by atoms with E-state index in [1.54, 1.807) is 6.07 Å². The zero-order valence-corrected chi connectivity index (χ0v) is 11.4. The molecule has 3 amide bonds. The minimum Gasteiger partial charge on any atom is -0.325 e. The van der Waals surface area contributed by atoms with Gasteiger partial charge in [-0.2, -0.15) is 0 Å². The van der Waals surface area contributed by atoms with Crippen LogP contribution in [0.3, 0.4) is 0 Å². The van der Waals surface area contributed by atoms with E-state index in [1.165, 1.54) is 12.1 Å². The van der Waals surface area contributed by atoms with Crippen molar-refractivity contribution < 1.29 is 14.4 Å². The van der Waals surface area contributed by atoms with Gasteiger partial charge >= 0.3 is 0 Å². The smallest absolute Gasteiger partial charge is 0.259 e. The van der Waals surface area contributed by atoms with E-state index in [1.807, 2.05) is 13.8 Å². The molecule has 0 spiro atoms. The van der Waals surface area contributed by atoms with Crippen LogP contribution in [0.5, 0.6) is 0 Å². The van der Waals surface area contributed by atoms with Crippen molar-refractivity contribution in [2.24, 2.45) is 11.7 Å². The number of hydrogen-bond donors (Lipinski definition) is 3. The Hall–Kier alpha value is -2.21. The number of benzene rings is 1. The van der Waals surface area contributed by atoms with E-state index in [4.69, 9.17) is 5.73 Å². The highest BCUT2D eigenvalue weighted by Gasteiger charge is 2.27. The summed E-state index contributed by atoms with van der Waals surface area (Å²) in [6, 6.07) is 3.98. The molecule has 1 aromatic carbocycles. The monoisotopic (exact) mass is 275 g/mol. The van der Waals surface area contributed by atoms with Crippen LogP contribution in [0.15, 0.2) is 18.2 Å². The summed E-state index contributed by atoms with van der Waals surface area (Å²) in [6.07, 6.45) is 0.579. The molecule has 0 aromatic heterocycles. The average molecular weight is 275 g/mol. The minimum atomic E-state index is -0.598. The van der Waals surface area contributed by atoms with Gasteiger partial charge in [-0.1, -0.05) is 13.8 Å². The van der Waals surface area contributed by atoms with Crippen molar-refractivity contribution in [1.82, 2.24) is 5.32 Å². The molecule has 1 aromatic rings. The summed E-state index contributed by atoms with van der Waals surface area (Å²) in [5.41, 5.74) is 6.83. The highest BCUT2D eigenvalue weighted by atomic mass is 16.2. The van der Waals surface area contributed by atoms with Gasteiger partial charge in [-0.25, -0.2) is 0 Å². The molecule has 0 fully saturated rings. The van der Waals surface area contributed by atoms with Gasteiger partial charge in [0.2, 0.25) is 5.91 Å². The van der Waals surface area contributed by atoms with Gasteiger partial charge in [-0.15, -0.1) is 0 Å². The van der Waals surface area contributed by atoms with Gasteiger partial charge in [0.25, 0.3) is 11.8 Å². The van der Waals surface area contributed by atoms with Crippen molar-refractivity contribution in [1.29, 1.82) is 0 Å². The Kier molecular flexibility index (Phi) is 3.85. The third-order valence-corrected chi connectivity index (χ3v) is 3.07. The van der Waals surface area contributed by atoms with E-state index in [9.17, 15) is 14.4 Å². The zero-order chi connectivity index (χ0) is 14.9. The number of carbonyl (C=O) groups excluding carboxylic acids is 3. The van der Waals surface area contributed by atoms with E-state index in [0.29, 0.717) is 23.6 Å². The van der Waals surface area contributed by atoms with Crippen molar-refractivity contribution in [3.05, 3.63) is 29.3 Å². The molecule has 0 saturated carbocycles. The number of nitrogens with one attached hydrogen (secondary N) is 2. The lowest BCUT2D eigenvalue weighted by Gasteiger charge is -2.14. The Morgan fingerprint density at radius 2 is 1.90 bits per heavy atom. The summed E-state index contributed by atoms with van der Waals surface area (Å²) in [7, 11) is 0. The first-order valence-electron chi connectivity index (χ1n) is 6.44. The molecule has 0 radical (unpaired) electrons. The lowest BCUT2D eigenvalue weighted by molar-refractivity contribution is -0.117. The average Bonchev–Trinajstić information content (AvgIpc) is 2.64. The molecular weight excluding hydrogens is 258 g/mol. The fourth-order valence-corrected chi connectivity index (χ4v) is 2.10. The molecule has 4 N–H and O–H groups in total. The largest absolute Gasteiger partial charge is 0.325 e.